The van der Waals surface area contributed by atoms with Gasteiger partial charge in [-0.2, -0.15) is 0 Å². The minimum absolute atomic E-state index is 0.126. The van der Waals surface area contributed by atoms with Crippen LogP contribution in [-0.2, 0) is 0 Å². The second-order valence-electron chi connectivity index (χ2n) is 4.99. The number of rotatable bonds is 3. The van der Waals surface area contributed by atoms with E-state index in [1.807, 2.05) is 19.2 Å². The summed E-state index contributed by atoms with van der Waals surface area (Å²) in [6, 6.07) is 21.0. The molecule has 0 spiro atoms. The summed E-state index contributed by atoms with van der Waals surface area (Å²) in [6.07, 6.45) is 0. The Morgan fingerprint density at radius 2 is 1.71 bits per heavy atom. The number of nitrogens with one attached hydrogen (secondary N) is 1. The maximum Gasteiger partial charge on any atom is 0.0585 e. The first-order chi connectivity index (χ1) is 10.2. The smallest absolute Gasteiger partial charge is 0.0585 e. The van der Waals surface area contributed by atoms with Crippen molar-refractivity contribution >= 4 is 38.3 Å². The quantitative estimate of drug-likeness (QED) is 0.644. The minimum Gasteiger partial charge on any atom is -0.309 e. The third-order valence-corrected chi connectivity index (χ3v) is 4.59. The van der Waals surface area contributed by atoms with Gasteiger partial charge in [0.2, 0.25) is 0 Å². The molecule has 106 valence electrons. The molecule has 0 aromatic heterocycles. The maximum absolute atomic E-state index is 6.04. The predicted octanol–water partition coefficient (Wildman–Crippen LogP) is 5.56. The molecule has 1 nitrogen and oxygen atoms in total. The largest absolute Gasteiger partial charge is 0.309 e. The van der Waals surface area contributed by atoms with E-state index in [-0.39, 0.29) is 6.04 Å². The number of benzene rings is 3. The summed E-state index contributed by atoms with van der Waals surface area (Å²) in [5.41, 5.74) is 2.41. The van der Waals surface area contributed by atoms with E-state index in [0.717, 1.165) is 9.50 Å². The SMILES string of the molecule is CNC(c1ccc2ccccc2c1)c1ccc(Cl)cc1Br. The van der Waals surface area contributed by atoms with E-state index in [2.05, 4.69) is 69.8 Å². The Bertz CT molecular complexity index is 785. The van der Waals surface area contributed by atoms with Crippen molar-refractivity contribution in [1.82, 2.24) is 5.32 Å². The number of halogens is 2. The molecule has 0 radical (unpaired) electrons. The first-order valence-corrected chi connectivity index (χ1v) is 7.97. The summed E-state index contributed by atoms with van der Waals surface area (Å²) in [4.78, 5) is 0. The van der Waals surface area contributed by atoms with Crippen LogP contribution in [-0.4, -0.2) is 7.05 Å². The zero-order chi connectivity index (χ0) is 14.8. The van der Waals surface area contributed by atoms with Gasteiger partial charge in [0.05, 0.1) is 6.04 Å². The van der Waals surface area contributed by atoms with Gasteiger partial charge in [-0.25, -0.2) is 0 Å². The number of hydrogen-bond donors (Lipinski definition) is 1. The molecule has 3 heteroatoms. The molecule has 0 aliphatic heterocycles. The zero-order valence-corrected chi connectivity index (χ0v) is 13.9. The Morgan fingerprint density at radius 1 is 0.952 bits per heavy atom. The molecule has 0 saturated carbocycles. The molecular formula is C18H15BrClN. The fourth-order valence-electron chi connectivity index (χ4n) is 2.62. The van der Waals surface area contributed by atoms with Gasteiger partial charge in [0, 0.05) is 9.50 Å². The highest BCUT2D eigenvalue weighted by molar-refractivity contribution is 9.10. The van der Waals surface area contributed by atoms with Crippen LogP contribution >= 0.6 is 27.5 Å². The highest BCUT2D eigenvalue weighted by Crippen LogP contribution is 2.31. The fourth-order valence-corrected chi connectivity index (χ4v) is 3.54. The van der Waals surface area contributed by atoms with E-state index in [9.17, 15) is 0 Å². The van der Waals surface area contributed by atoms with Gasteiger partial charge in [-0.3, -0.25) is 0 Å². The Hall–Kier alpha value is -1.35. The van der Waals surface area contributed by atoms with E-state index < -0.39 is 0 Å². The summed E-state index contributed by atoms with van der Waals surface area (Å²) >= 11 is 9.65. The molecule has 3 aromatic rings. The summed E-state index contributed by atoms with van der Waals surface area (Å²) in [7, 11) is 1.97. The molecule has 3 aromatic carbocycles. The second kappa shape index (κ2) is 6.18. The molecule has 0 saturated heterocycles. The lowest BCUT2D eigenvalue weighted by atomic mass is 9.96. The Balaban J connectivity index is 2.09. The molecule has 0 amide bonds. The third-order valence-electron chi connectivity index (χ3n) is 3.67. The molecule has 1 N–H and O–H groups in total. The molecule has 0 aliphatic rings. The monoisotopic (exact) mass is 359 g/mol. The first kappa shape index (κ1) is 14.6. The van der Waals surface area contributed by atoms with Crippen LogP contribution in [0.25, 0.3) is 10.8 Å². The Morgan fingerprint density at radius 3 is 2.43 bits per heavy atom. The molecule has 0 heterocycles. The molecule has 21 heavy (non-hydrogen) atoms. The van der Waals surface area contributed by atoms with Gasteiger partial charge in [-0.15, -0.1) is 0 Å². The average Bonchev–Trinajstić information content (AvgIpc) is 2.50. The lowest BCUT2D eigenvalue weighted by Crippen LogP contribution is -2.18. The van der Waals surface area contributed by atoms with Gasteiger partial charge < -0.3 is 5.32 Å². The van der Waals surface area contributed by atoms with Crippen molar-refractivity contribution in [2.75, 3.05) is 7.05 Å². The molecule has 1 unspecified atom stereocenters. The summed E-state index contributed by atoms with van der Waals surface area (Å²) in [5, 5.41) is 6.63. The standard InChI is InChI=1S/C18H15BrClN/c1-21-18(16-9-8-15(20)11-17(16)19)14-7-6-12-4-2-3-5-13(12)10-14/h2-11,18,21H,1H3. The predicted molar refractivity (Wildman–Crippen MR) is 94.0 cm³/mol. The van der Waals surface area contributed by atoms with E-state index in [4.69, 9.17) is 11.6 Å². The van der Waals surface area contributed by atoms with Gasteiger partial charge >= 0.3 is 0 Å². The van der Waals surface area contributed by atoms with Gasteiger partial charge in [-0.05, 0) is 47.1 Å². The Kier molecular flexibility index (Phi) is 4.29. The van der Waals surface area contributed by atoms with Crippen molar-refractivity contribution in [3.8, 4) is 0 Å². The van der Waals surface area contributed by atoms with Crippen molar-refractivity contribution < 1.29 is 0 Å². The molecule has 3 rings (SSSR count). The highest BCUT2D eigenvalue weighted by Gasteiger charge is 2.15. The van der Waals surface area contributed by atoms with Crippen molar-refractivity contribution in [2.45, 2.75) is 6.04 Å². The minimum atomic E-state index is 0.126. The first-order valence-electron chi connectivity index (χ1n) is 6.80. The van der Waals surface area contributed by atoms with Crippen LogP contribution in [0.5, 0.6) is 0 Å². The van der Waals surface area contributed by atoms with Gasteiger partial charge in [-0.1, -0.05) is 70.0 Å². The highest BCUT2D eigenvalue weighted by atomic mass is 79.9. The van der Waals surface area contributed by atoms with Crippen molar-refractivity contribution in [3.05, 3.63) is 81.3 Å². The van der Waals surface area contributed by atoms with Crippen LogP contribution in [0, 0.1) is 0 Å². The third kappa shape index (κ3) is 2.98. The molecule has 0 bridgehead atoms. The number of hydrogen-bond acceptors (Lipinski definition) is 1. The zero-order valence-electron chi connectivity index (χ0n) is 11.6. The van der Waals surface area contributed by atoms with E-state index in [0.29, 0.717) is 0 Å². The van der Waals surface area contributed by atoms with Crippen LogP contribution in [0.15, 0.2) is 65.1 Å². The molecule has 0 aliphatic carbocycles. The fraction of sp³-hybridized carbons (Fsp3) is 0.111. The van der Waals surface area contributed by atoms with Crippen molar-refractivity contribution in [3.63, 3.8) is 0 Å². The number of fused-ring (bicyclic) bond motifs is 1. The van der Waals surface area contributed by atoms with E-state index in [1.165, 1.54) is 21.9 Å². The average molecular weight is 361 g/mol. The summed E-state index contributed by atoms with van der Waals surface area (Å²) in [5.74, 6) is 0. The Labute approximate surface area is 138 Å². The topological polar surface area (TPSA) is 12.0 Å². The van der Waals surface area contributed by atoms with Crippen molar-refractivity contribution in [1.29, 1.82) is 0 Å². The second-order valence-corrected chi connectivity index (χ2v) is 6.28. The van der Waals surface area contributed by atoms with Crippen molar-refractivity contribution in [2.24, 2.45) is 0 Å². The summed E-state index contributed by atoms with van der Waals surface area (Å²) in [6.45, 7) is 0. The normalized spacial score (nSPS) is 12.5. The van der Waals surface area contributed by atoms with Crippen LogP contribution in [0.2, 0.25) is 5.02 Å². The van der Waals surface area contributed by atoms with Gasteiger partial charge in [0.15, 0.2) is 0 Å². The molecule has 0 fully saturated rings. The van der Waals surface area contributed by atoms with Crippen LogP contribution in [0.1, 0.15) is 17.2 Å². The van der Waals surface area contributed by atoms with Crippen LogP contribution in [0.4, 0.5) is 0 Å². The molecular weight excluding hydrogens is 346 g/mol. The van der Waals surface area contributed by atoms with Gasteiger partial charge in [0.25, 0.3) is 0 Å². The van der Waals surface area contributed by atoms with E-state index in [1.54, 1.807) is 0 Å². The van der Waals surface area contributed by atoms with Gasteiger partial charge in [0.1, 0.15) is 0 Å². The molecule has 1 atom stereocenters. The van der Waals surface area contributed by atoms with Crippen LogP contribution in [0.3, 0.4) is 0 Å². The lowest BCUT2D eigenvalue weighted by Gasteiger charge is -2.19. The van der Waals surface area contributed by atoms with E-state index >= 15 is 0 Å². The lowest BCUT2D eigenvalue weighted by molar-refractivity contribution is 0.690. The van der Waals surface area contributed by atoms with Crippen LogP contribution < -0.4 is 5.32 Å². The maximum atomic E-state index is 6.04. The summed E-state index contributed by atoms with van der Waals surface area (Å²) < 4.78 is 1.02.